The second-order valence-corrected chi connectivity index (χ2v) is 6.73. The van der Waals surface area contributed by atoms with Gasteiger partial charge in [0, 0.05) is 16.6 Å². The zero-order valence-corrected chi connectivity index (χ0v) is 13.9. The van der Waals surface area contributed by atoms with Crippen LogP contribution in [0.5, 0.6) is 0 Å². The summed E-state index contributed by atoms with van der Waals surface area (Å²) in [6, 6.07) is 3.77. The zero-order chi connectivity index (χ0) is 15.6. The van der Waals surface area contributed by atoms with Crippen molar-refractivity contribution in [3.05, 3.63) is 27.7 Å². The van der Waals surface area contributed by atoms with Gasteiger partial charge in [-0.05, 0) is 49.9 Å². The second-order valence-electron chi connectivity index (χ2n) is 5.94. The average Bonchev–Trinajstić information content (AvgIpc) is 2.85. The monoisotopic (exact) mass is 353 g/mol. The summed E-state index contributed by atoms with van der Waals surface area (Å²) in [6.07, 6.45) is 3.00. The number of hydrogen-bond acceptors (Lipinski definition) is 2. The Balaban J connectivity index is 2.10. The molecule has 0 bridgehead atoms. The third kappa shape index (κ3) is 3.46. The smallest absolute Gasteiger partial charge is 0.310 e. The Hall–Kier alpha value is -1.36. The van der Waals surface area contributed by atoms with Crippen LogP contribution in [0.25, 0.3) is 0 Å². The van der Waals surface area contributed by atoms with E-state index in [1.165, 1.54) is 0 Å². The molecule has 1 aromatic carbocycles. The fraction of sp³-hybridized carbons (Fsp3) is 0.500. The molecule has 0 radical (unpaired) electrons. The molecule has 1 amide bonds. The number of carboxylic acids is 1. The standard InChI is InChI=1S/C16H20BrNO3/c1-10-7-12(8-11(2)14(10)17)18-13(19)9-16(15(20)21)5-3-4-6-16/h7-8H,3-6,9H2,1-2H3,(H,18,19)(H,20,21). The lowest BCUT2D eigenvalue weighted by molar-refractivity contribution is -0.150. The number of carboxylic acid groups (broad SMARTS) is 1. The molecule has 1 aliphatic carbocycles. The van der Waals surface area contributed by atoms with Crippen LogP contribution in [0.2, 0.25) is 0 Å². The van der Waals surface area contributed by atoms with Crippen LogP contribution in [0.3, 0.4) is 0 Å². The van der Waals surface area contributed by atoms with Gasteiger partial charge >= 0.3 is 5.97 Å². The molecule has 1 fully saturated rings. The second kappa shape index (κ2) is 6.18. The highest BCUT2D eigenvalue weighted by molar-refractivity contribution is 9.10. The van der Waals surface area contributed by atoms with Crippen LogP contribution in [0.15, 0.2) is 16.6 Å². The number of nitrogens with one attached hydrogen (secondary N) is 1. The topological polar surface area (TPSA) is 66.4 Å². The van der Waals surface area contributed by atoms with Crippen molar-refractivity contribution in [1.82, 2.24) is 0 Å². The molecule has 1 aromatic rings. The van der Waals surface area contributed by atoms with Gasteiger partial charge in [-0.25, -0.2) is 0 Å². The van der Waals surface area contributed by atoms with Crippen molar-refractivity contribution in [1.29, 1.82) is 0 Å². The molecule has 5 heteroatoms. The van der Waals surface area contributed by atoms with Crippen LogP contribution in [-0.4, -0.2) is 17.0 Å². The number of aliphatic carboxylic acids is 1. The quantitative estimate of drug-likeness (QED) is 0.858. The van der Waals surface area contributed by atoms with E-state index in [2.05, 4.69) is 21.2 Å². The minimum atomic E-state index is -0.871. The number of amides is 1. The maximum absolute atomic E-state index is 12.2. The fourth-order valence-corrected chi connectivity index (χ4v) is 3.28. The van der Waals surface area contributed by atoms with E-state index in [0.29, 0.717) is 12.8 Å². The molecular formula is C16H20BrNO3. The third-order valence-electron chi connectivity index (χ3n) is 4.23. The molecule has 0 aromatic heterocycles. The summed E-state index contributed by atoms with van der Waals surface area (Å²) in [7, 11) is 0. The van der Waals surface area contributed by atoms with Crippen molar-refractivity contribution >= 4 is 33.5 Å². The van der Waals surface area contributed by atoms with E-state index >= 15 is 0 Å². The van der Waals surface area contributed by atoms with Crippen molar-refractivity contribution < 1.29 is 14.7 Å². The van der Waals surface area contributed by atoms with Crippen molar-refractivity contribution in [2.24, 2.45) is 5.41 Å². The number of hydrogen-bond donors (Lipinski definition) is 2. The lowest BCUT2D eigenvalue weighted by atomic mass is 9.82. The van der Waals surface area contributed by atoms with E-state index in [1.807, 2.05) is 26.0 Å². The number of benzene rings is 1. The summed E-state index contributed by atoms with van der Waals surface area (Å²) in [6.45, 7) is 3.92. The summed E-state index contributed by atoms with van der Waals surface area (Å²) in [5.74, 6) is -1.07. The molecule has 114 valence electrons. The number of halogens is 1. The molecule has 0 atom stereocenters. The van der Waals surface area contributed by atoms with Gasteiger partial charge in [0.2, 0.25) is 5.91 Å². The molecule has 1 aliphatic rings. The highest BCUT2D eigenvalue weighted by Gasteiger charge is 2.42. The summed E-state index contributed by atoms with van der Waals surface area (Å²) in [4.78, 5) is 23.7. The van der Waals surface area contributed by atoms with Gasteiger partial charge in [0.15, 0.2) is 0 Å². The average molecular weight is 354 g/mol. The van der Waals surface area contributed by atoms with Crippen LogP contribution in [0.4, 0.5) is 5.69 Å². The van der Waals surface area contributed by atoms with Crippen LogP contribution in [0, 0.1) is 19.3 Å². The number of carbonyl (C=O) groups is 2. The van der Waals surface area contributed by atoms with Gasteiger partial charge in [-0.3, -0.25) is 9.59 Å². The minimum absolute atomic E-state index is 0.0521. The van der Waals surface area contributed by atoms with Gasteiger partial charge in [-0.1, -0.05) is 28.8 Å². The van der Waals surface area contributed by atoms with Crippen LogP contribution in [0.1, 0.15) is 43.2 Å². The van der Waals surface area contributed by atoms with E-state index < -0.39 is 11.4 Å². The van der Waals surface area contributed by atoms with Crippen LogP contribution in [-0.2, 0) is 9.59 Å². The van der Waals surface area contributed by atoms with E-state index in [0.717, 1.165) is 34.1 Å². The Morgan fingerprint density at radius 3 is 2.24 bits per heavy atom. The summed E-state index contributed by atoms with van der Waals surface area (Å²) < 4.78 is 1.03. The molecule has 0 spiro atoms. The number of anilines is 1. The molecule has 4 nitrogen and oxygen atoms in total. The van der Waals surface area contributed by atoms with E-state index in [4.69, 9.17) is 0 Å². The number of carbonyl (C=O) groups excluding carboxylic acids is 1. The first-order valence-electron chi connectivity index (χ1n) is 7.14. The fourth-order valence-electron chi connectivity index (χ4n) is 3.05. The first-order chi connectivity index (χ1) is 9.84. The molecule has 0 heterocycles. The predicted molar refractivity (Wildman–Crippen MR) is 85.4 cm³/mol. The van der Waals surface area contributed by atoms with Gasteiger partial charge in [0.05, 0.1) is 5.41 Å². The Kier molecular flexibility index (Phi) is 4.71. The SMILES string of the molecule is Cc1cc(NC(=O)CC2(C(=O)O)CCCC2)cc(C)c1Br. The van der Waals surface area contributed by atoms with Gasteiger partial charge in [-0.15, -0.1) is 0 Å². The lowest BCUT2D eigenvalue weighted by Crippen LogP contribution is -2.32. The van der Waals surface area contributed by atoms with Gasteiger partial charge in [-0.2, -0.15) is 0 Å². The summed E-state index contributed by atoms with van der Waals surface area (Å²) in [5, 5.41) is 12.3. The molecule has 2 rings (SSSR count). The van der Waals surface area contributed by atoms with E-state index in [-0.39, 0.29) is 12.3 Å². The summed E-state index contributed by atoms with van der Waals surface area (Å²) >= 11 is 3.49. The first-order valence-corrected chi connectivity index (χ1v) is 7.93. The largest absolute Gasteiger partial charge is 0.481 e. The first kappa shape index (κ1) is 16.0. The molecule has 0 unspecified atom stereocenters. The predicted octanol–water partition coefficient (Wildman–Crippen LogP) is 4.04. The van der Waals surface area contributed by atoms with Crippen LogP contribution >= 0.6 is 15.9 Å². The molecule has 1 saturated carbocycles. The Morgan fingerprint density at radius 1 is 1.24 bits per heavy atom. The molecule has 2 N–H and O–H groups in total. The van der Waals surface area contributed by atoms with Crippen molar-refractivity contribution in [2.75, 3.05) is 5.32 Å². The normalized spacial score (nSPS) is 16.7. The number of aryl methyl sites for hydroxylation is 2. The highest BCUT2D eigenvalue weighted by atomic mass is 79.9. The number of rotatable bonds is 4. The highest BCUT2D eigenvalue weighted by Crippen LogP contribution is 2.41. The van der Waals surface area contributed by atoms with E-state index in [1.54, 1.807) is 0 Å². The maximum atomic E-state index is 12.2. The van der Waals surface area contributed by atoms with Crippen molar-refractivity contribution in [3.8, 4) is 0 Å². The van der Waals surface area contributed by atoms with Crippen molar-refractivity contribution in [2.45, 2.75) is 46.0 Å². The van der Waals surface area contributed by atoms with Gasteiger partial charge in [0.1, 0.15) is 0 Å². The maximum Gasteiger partial charge on any atom is 0.310 e. The zero-order valence-electron chi connectivity index (χ0n) is 12.3. The van der Waals surface area contributed by atoms with E-state index in [9.17, 15) is 14.7 Å². The Morgan fingerprint density at radius 2 is 1.76 bits per heavy atom. The molecular weight excluding hydrogens is 334 g/mol. The molecule has 0 saturated heterocycles. The summed E-state index contributed by atoms with van der Waals surface area (Å²) in [5.41, 5.74) is 1.93. The Labute approximate surface area is 133 Å². The molecule has 21 heavy (non-hydrogen) atoms. The third-order valence-corrected chi connectivity index (χ3v) is 5.48. The lowest BCUT2D eigenvalue weighted by Gasteiger charge is -2.23. The Bertz CT molecular complexity index is 554. The molecule has 0 aliphatic heterocycles. The van der Waals surface area contributed by atoms with Crippen molar-refractivity contribution in [3.63, 3.8) is 0 Å². The van der Waals surface area contributed by atoms with Gasteiger partial charge < -0.3 is 10.4 Å². The van der Waals surface area contributed by atoms with Gasteiger partial charge in [0.25, 0.3) is 0 Å². The van der Waals surface area contributed by atoms with Crippen LogP contribution < -0.4 is 5.32 Å². The minimum Gasteiger partial charge on any atom is -0.481 e.